The molecule has 8 rings (SSSR count). The topological polar surface area (TPSA) is 18.5 Å². The maximum absolute atomic E-state index is 6.82. The van der Waals surface area contributed by atoms with Crippen LogP contribution in [-0.2, 0) is 9.47 Å². The fourth-order valence-electron chi connectivity index (χ4n) is 10.1. The second-order valence-electron chi connectivity index (χ2n) is 11.6. The Bertz CT molecular complexity index is 569. The van der Waals surface area contributed by atoms with E-state index in [-0.39, 0.29) is 11.2 Å². The van der Waals surface area contributed by atoms with Crippen LogP contribution >= 0.6 is 0 Å². The SMILES string of the molecule is C=CCOC12CC3CC(CC(C3)C1C1C3CC4CC(C3)CC1(OCC=C)C4)C2. The van der Waals surface area contributed by atoms with Crippen molar-refractivity contribution in [3.8, 4) is 0 Å². The van der Waals surface area contributed by atoms with Gasteiger partial charge in [0.25, 0.3) is 0 Å². The average molecular weight is 383 g/mol. The summed E-state index contributed by atoms with van der Waals surface area (Å²) in [5.41, 5.74) is 0.237. The lowest BCUT2D eigenvalue weighted by molar-refractivity contribution is -0.279. The number of rotatable bonds is 7. The molecule has 0 aromatic carbocycles. The molecule has 0 radical (unpaired) electrons. The lowest BCUT2D eigenvalue weighted by Gasteiger charge is -2.69. The minimum atomic E-state index is 0.119. The predicted molar refractivity (Wildman–Crippen MR) is 112 cm³/mol. The van der Waals surface area contributed by atoms with Gasteiger partial charge in [-0.1, -0.05) is 12.2 Å². The summed E-state index contributed by atoms with van der Waals surface area (Å²) in [4.78, 5) is 0. The third-order valence-corrected chi connectivity index (χ3v) is 10.0. The van der Waals surface area contributed by atoms with Crippen LogP contribution in [-0.4, -0.2) is 24.4 Å². The van der Waals surface area contributed by atoms with Crippen LogP contribution in [0, 0.1) is 47.3 Å². The molecule has 0 aromatic heterocycles. The van der Waals surface area contributed by atoms with Crippen molar-refractivity contribution in [2.75, 3.05) is 13.2 Å². The van der Waals surface area contributed by atoms with Gasteiger partial charge >= 0.3 is 0 Å². The molecule has 0 heterocycles. The Morgan fingerprint density at radius 2 is 0.964 bits per heavy atom. The number of hydrogen-bond donors (Lipinski definition) is 0. The summed E-state index contributed by atoms with van der Waals surface area (Å²) in [5.74, 6) is 6.86. The molecule has 0 aliphatic heterocycles. The van der Waals surface area contributed by atoms with Crippen LogP contribution in [0.3, 0.4) is 0 Å². The van der Waals surface area contributed by atoms with Crippen molar-refractivity contribution < 1.29 is 9.47 Å². The number of hydrogen-bond acceptors (Lipinski definition) is 2. The Labute approximate surface area is 171 Å². The molecule has 2 nitrogen and oxygen atoms in total. The Balaban J connectivity index is 1.40. The van der Waals surface area contributed by atoms with Gasteiger partial charge in [0.15, 0.2) is 0 Å². The first-order chi connectivity index (χ1) is 13.6. The van der Waals surface area contributed by atoms with Crippen LogP contribution in [0.25, 0.3) is 0 Å². The monoisotopic (exact) mass is 382 g/mol. The van der Waals surface area contributed by atoms with Gasteiger partial charge in [-0.25, -0.2) is 0 Å². The molecule has 0 N–H and O–H groups in total. The molecule has 0 spiro atoms. The maximum Gasteiger partial charge on any atom is 0.0726 e. The minimum absolute atomic E-state index is 0.119. The third kappa shape index (κ3) is 2.52. The quantitative estimate of drug-likeness (QED) is 0.520. The van der Waals surface area contributed by atoms with Gasteiger partial charge in [-0.15, -0.1) is 13.2 Å². The Morgan fingerprint density at radius 1 is 0.607 bits per heavy atom. The van der Waals surface area contributed by atoms with Gasteiger partial charge in [-0.3, -0.25) is 0 Å². The summed E-state index contributed by atoms with van der Waals surface area (Å²) >= 11 is 0. The normalized spacial score (nSPS) is 55.6. The van der Waals surface area contributed by atoms with Crippen molar-refractivity contribution in [2.24, 2.45) is 47.3 Å². The second kappa shape index (κ2) is 6.45. The van der Waals surface area contributed by atoms with Gasteiger partial charge in [0.2, 0.25) is 0 Å². The van der Waals surface area contributed by atoms with Crippen LogP contribution < -0.4 is 0 Å². The smallest absolute Gasteiger partial charge is 0.0726 e. The highest BCUT2D eigenvalue weighted by Crippen LogP contribution is 2.69. The maximum atomic E-state index is 6.82. The van der Waals surface area contributed by atoms with E-state index in [0.29, 0.717) is 0 Å². The van der Waals surface area contributed by atoms with E-state index in [0.717, 1.165) is 60.6 Å². The molecule has 6 unspecified atom stereocenters. The van der Waals surface area contributed by atoms with Gasteiger partial charge in [-0.05, 0) is 112 Å². The molecular weight excluding hydrogens is 344 g/mol. The molecule has 28 heavy (non-hydrogen) atoms. The molecule has 6 atom stereocenters. The summed E-state index contributed by atoms with van der Waals surface area (Å²) in [6.07, 6.45) is 18.0. The Morgan fingerprint density at radius 3 is 1.29 bits per heavy atom. The number of fused-ring (bicyclic) bond motifs is 1. The first-order valence-corrected chi connectivity index (χ1v) is 12.1. The summed E-state index contributed by atoms with van der Waals surface area (Å²) in [5, 5.41) is 0. The predicted octanol–water partition coefficient (Wildman–Crippen LogP) is 5.78. The van der Waals surface area contributed by atoms with Crippen molar-refractivity contribution in [3.05, 3.63) is 25.3 Å². The van der Waals surface area contributed by atoms with E-state index < -0.39 is 0 Å². The lowest BCUT2D eigenvalue weighted by atomic mass is 9.39. The molecule has 8 fully saturated rings. The van der Waals surface area contributed by atoms with E-state index in [1.54, 1.807) is 0 Å². The van der Waals surface area contributed by atoms with Gasteiger partial charge < -0.3 is 9.47 Å². The van der Waals surface area contributed by atoms with E-state index in [1.165, 1.54) is 64.2 Å². The molecule has 8 saturated carbocycles. The molecule has 8 aliphatic rings. The highest BCUT2D eigenvalue weighted by molar-refractivity contribution is 5.18. The molecular formula is C26H38O2. The van der Waals surface area contributed by atoms with Crippen LogP contribution in [0.15, 0.2) is 25.3 Å². The van der Waals surface area contributed by atoms with E-state index in [4.69, 9.17) is 9.47 Å². The lowest BCUT2D eigenvalue weighted by Crippen LogP contribution is -2.69. The van der Waals surface area contributed by atoms with Gasteiger partial charge in [-0.2, -0.15) is 0 Å². The van der Waals surface area contributed by atoms with Crippen LogP contribution in [0.2, 0.25) is 0 Å². The van der Waals surface area contributed by atoms with E-state index >= 15 is 0 Å². The highest BCUT2D eigenvalue weighted by Gasteiger charge is 2.67. The van der Waals surface area contributed by atoms with E-state index in [9.17, 15) is 0 Å². The third-order valence-electron chi connectivity index (χ3n) is 10.0. The van der Waals surface area contributed by atoms with Crippen LogP contribution in [0.1, 0.15) is 64.2 Å². The van der Waals surface area contributed by atoms with Crippen LogP contribution in [0.5, 0.6) is 0 Å². The Hall–Kier alpha value is -0.600. The highest BCUT2D eigenvalue weighted by atomic mass is 16.5. The zero-order valence-electron chi connectivity index (χ0n) is 17.5. The first kappa shape index (κ1) is 18.2. The zero-order valence-corrected chi connectivity index (χ0v) is 17.5. The Kier molecular flexibility index (Phi) is 4.19. The summed E-state index contributed by atoms with van der Waals surface area (Å²) in [6, 6.07) is 0. The molecule has 2 heteroatoms. The van der Waals surface area contributed by atoms with Gasteiger partial charge in [0, 0.05) is 0 Å². The molecule has 0 saturated heterocycles. The average Bonchev–Trinajstić information content (AvgIpc) is 2.65. The molecule has 154 valence electrons. The van der Waals surface area contributed by atoms with Gasteiger partial charge in [0.05, 0.1) is 24.4 Å². The second-order valence-corrected chi connectivity index (χ2v) is 11.6. The molecule has 0 aromatic rings. The summed E-state index contributed by atoms with van der Waals surface area (Å²) in [6.45, 7) is 9.42. The standard InChI is InChI=1S/C26H38O2/c1-3-5-27-25-13-17-7-18(14-25)10-21(9-17)23(25)24-22-11-19-8-20(12-22)16-26(24,15-19)28-6-4-2/h3-4,17-24H,1-2,5-16H2. The molecule has 8 bridgehead atoms. The largest absolute Gasteiger partial charge is 0.371 e. The summed E-state index contributed by atoms with van der Waals surface area (Å²) < 4.78 is 13.6. The van der Waals surface area contributed by atoms with Gasteiger partial charge in [0.1, 0.15) is 0 Å². The number of ether oxygens (including phenoxy) is 2. The zero-order chi connectivity index (χ0) is 18.9. The van der Waals surface area contributed by atoms with Crippen LogP contribution in [0.4, 0.5) is 0 Å². The van der Waals surface area contributed by atoms with E-state index in [2.05, 4.69) is 13.2 Å². The fourth-order valence-corrected chi connectivity index (χ4v) is 10.1. The van der Waals surface area contributed by atoms with Crippen molar-refractivity contribution in [1.29, 1.82) is 0 Å². The van der Waals surface area contributed by atoms with Crippen molar-refractivity contribution >= 4 is 0 Å². The van der Waals surface area contributed by atoms with Crippen molar-refractivity contribution in [1.82, 2.24) is 0 Å². The fraction of sp³-hybridized carbons (Fsp3) is 0.846. The van der Waals surface area contributed by atoms with E-state index in [1.807, 2.05) is 12.2 Å². The first-order valence-electron chi connectivity index (χ1n) is 12.1. The summed E-state index contributed by atoms with van der Waals surface area (Å²) in [7, 11) is 0. The van der Waals surface area contributed by atoms with Crippen molar-refractivity contribution in [3.63, 3.8) is 0 Å². The molecule has 0 amide bonds. The minimum Gasteiger partial charge on any atom is -0.371 e. The molecule has 8 aliphatic carbocycles. The van der Waals surface area contributed by atoms with Crippen molar-refractivity contribution in [2.45, 2.75) is 75.4 Å².